The van der Waals surface area contributed by atoms with Crippen LogP contribution in [0.25, 0.3) is 0 Å². The van der Waals surface area contributed by atoms with Gasteiger partial charge in [0.2, 0.25) is 0 Å². The molecule has 0 fully saturated rings. The number of rotatable bonds is 4. The maximum atomic E-state index is 12.8. The van der Waals surface area contributed by atoms with Gasteiger partial charge in [-0.1, -0.05) is 26.8 Å². The molecule has 0 aliphatic heterocycles. The number of anilines is 1. The lowest BCUT2D eigenvalue weighted by molar-refractivity contribution is 0.102. The van der Waals surface area contributed by atoms with E-state index in [1.807, 2.05) is 26.0 Å². The molecule has 1 aromatic heterocycles. The van der Waals surface area contributed by atoms with Gasteiger partial charge in [0.1, 0.15) is 16.8 Å². The molecule has 28 heavy (non-hydrogen) atoms. The zero-order chi connectivity index (χ0) is 20.5. The minimum atomic E-state index is -0.211. The zero-order valence-electron chi connectivity index (χ0n) is 17.3. The van der Waals surface area contributed by atoms with Crippen LogP contribution in [0.5, 0.6) is 5.75 Å². The quantitative estimate of drug-likeness (QED) is 0.709. The summed E-state index contributed by atoms with van der Waals surface area (Å²) in [4.78, 5) is 14.0. The molecule has 0 bridgehead atoms. The molecule has 1 amide bonds. The Morgan fingerprint density at radius 2 is 2.11 bits per heavy atom. The summed E-state index contributed by atoms with van der Waals surface area (Å²) in [5.74, 6) is 1.05. The second-order valence-electron chi connectivity index (χ2n) is 8.77. The lowest BCUT2D eigenvalue weighted by Gasteiger charge is -2.33. The molecule has 0 unspecified atom stereocenters. The first-order valence-electron chi connectivity index (χ1n) is 9.81. The minimum Gasteiger partial charge on any atom is -0.491 e. The number of thiophene rings is 1. The smallest absolute Gasteiger partial charge is 0.256 e. The first-order valence-corrected chi connectivity index (χ1v) is 10.6. The third-order valence-electron chi connectivity index (χ3n) is 5.30. The number of hydrogen-bond acceptors (Lipinski definition) is 4. The summed E-state index contributed by atoms with van der Waals surface area (Å²) in [7, 11) is 0. The van der Waals surface area contributed by atoms with Gasteiger partial charge < -0.3 is 10.1 Å². The van der Waals surface area contributed by atoms with Crippen LogP contribution in [0.15, 0.2) is 24.3 Å². The van der Waals surface area contributed by atoms with Crippen molar-refractivity contribution in [3.63, 3.8) is 0 Å². The first kappa shape index (κ1) is 20.4. The standard InChI is InChI=1S/C23H28N2O2S/c1-14(2)27-17-8-6-7-15(11-17)21(26)25-22-19(13-24)18-10-9-16(23(3,4)5)12-20(18)28-22/h6-8,11,14,16H,9-10,12H2,1-5H3,(H,25,26)/t16-/m1/s1. The minimum absolute atomic E-state index is 0.0447. The van der Waals surface area contributed by atoms with Crippen molar-refractivity contribution in [2.24, 2.45) is 11.3 Å². The van der Waals surface area contributed by atoms with E-state index < -0.39 is 0 Å². The van der Waals surface area contributed by atoms with E-state index in [2.05, 4.69) is 32.2 Å². The zero-order valence-corrected chi connectivity index (χ0v) is 18.1. The summed E-state index contributed by atoms with van der Waals surface area (Å²) in [5, 5.41) is 13.3. The molecule has 1 heterocycles. The van der Waals surface area contributed by atoms with Crippen LogP contribution in [-0.2, 0) is 12.8 Å². The van der Waals surface area contributed by atoms with E-state index in [4.69, 9.17) is 4.74 Å². The lowest BCUT2D eigenvalue weighted by Crippen LogP contribution is -2.26. The van der Waals surface area contributed by atoms with Gasteiger partial charge in [0.15, 0.2) is 0 Å². The maximum absolute atomic E-state index is 12.8. The molecule has 1 atom stereocenters. The largest absolute Gasteiger partial charge is 0.491 e. The fourth-order valence-corrected chi connectivity index (χ4v) is 4.96. The summed E-state index contributed by atoms with van der Waals surface area (Å²) >= 11 is 1.56. The summed E-state index contributed by atoms with van der Waals surface area (Å²) in [6.07, 6.45) is 3.02. The average molecular weight is 397 g/mol. The fourth-order valence-electron chi connectivity index (χ4n) is 3.69. The molecule has 2 aromatic rings. The number of nitrogens with one attached hydrogen (secondary N) is 1. The van der Waals surface area contributed by atoms with Crippen LogP contribution in [0.1, 0.15) is 67.4 Å². The van der Waals surface area contributed by atoms with Crippen LogP contribution in [-0.4, -0.2) is 12.0 Å². The second-order valence-corrected chi connectivity index (χ2v) is 9.88. The highest BCUT2D eigenvalue weighted by atomic mass is 32.1. The fraction of sp³-hybridized carbons (Fsp3) is 0.478. The van der Waals surface area contributed by atoms with E-state index in [1.165, 1.54) is 4.88 Å². The molecule has 1 N–H and O–H groups in total. The maximum Gasteiger partial charge on any atom is 0.256 e. The van der Waals surface area contributed by atoms with Gasteiger partial charge in [-0.15, -0.1) is 11.3 Å². The Balaban J connectivity index is 1.83. The predicted molar refractivity (Wildman–Crippen MR) is 114 cm³/mol. The van der Waals surface area contributed by atoms with E-state index in [9.17, 15) is 10.1 Å². The molecular weight excluding hydrogens is 368 g/mol. The summed E-state index contributed by atoms with van der Waals surface area (Å²) in [6.45, 7) is 10.7. The predicted octanol–water partition coefficient (Wildman–Crippen LogP) is 5.81. The molecule has 3 rings (SSSR count). The molecule has 1 aliphatic carbocycles. The highest BCUT2D eigenvalue weighted by molar-refractivity contribution is 7.16. The van der Waals surface area contributed by atoms with Crippen LogP contribution >= 0.6 is 11.3 Å². The molecule has 1 aromatic carbocycles. The monoisotopic (exact) mass is 396 g/mol. The molecule has 1 aliphatic rings. The average Bonchev–Trinajstić information content (AvgIpc) is 2.96. The summed E-state index contributed by atoms with van der Waals surface area (Å²) in [5.41, 5.74) is 2.53. The van der Waals surface area contributed by atoms with Crippen molar-refractivity contribution >= 4 is 22.2 Å². The van der Waals surface area contributed by atoms with Crippen molar-refractivity contribution in [1.82, 2.24) is 0 Å². The van der Waals surface area contributed by atoms with Gasteiger partial charge in [-0.3, -0.25) is 4.79 Å². The number of carbonyl (C=O) groups excluding carboxylic acids is 1. The molecular formula is C23H28N2O2S. The normalized spacial score (nSPS) is 16.4. The molecule has 5 heteroatoms. The van der Waals surface area contributed by atoms with Crippen molar-refractivity contribution in [2.45, 2.75) is 60.0 Å². The highest BCUT2D eigenvalue weighted by Gasteiger charge is 2.32. The van der Waals surface area contributed by atoms with Crippen molar-refractivity contribution in [3.8, 4) is 11.8 Å². The van der Waals surface area contributed by atoms with E-state index in [0.717, 1.165) is 24.8 Å². The van der Waals surface area contributed by atoms with Crippen molar-refractivity contribution < 1.29 is 9.53 Å². The Hall–Kier alpha value is -2.32. The van der Waals surface area contributed by atoms with Crippen LogP contribution in [0.2, 0.25) is 0 Å². The Kier molecular flexibility index (Phi) is 5.81. The van der Waals surface area contributed by atoms with Gasteiger partial charge in [0.25, 0.3) is 5.91 Å². The molecule has 0 saturated carbocycles. The van der Waals surface area contributed by atoms with Crippen molar-refractivity contribution in [1.29, 1.82) is 5.26 Å². The van der Waals surface area contributed by atoms with Crippen LogP contribution < -0.4 is 10.1 Å². The number of carbonyl (C=O) groups is 1. The third kappa shape index (κ3) is 4.39. The molecule has 148 valence electrons. The van der Waals surface area contributed by atoms with Gasteiger partial charge in [0.05, 0.1) is 11.7 Å². The summed E-state index contributed by atoms with van der Waals surface area (Å²) < 4.78 is 5.68. The van der Waals surface area contributed by atoms with Gasteiger partial charge in [0, 0.05) is 10.4 Å². The highest BCUT2D eigenvalue weighted by Crippen LogP contribution is 2.44. The Morgan fingerprint density at radius 1 is 1.36 bits per heavy atom. The summed E-state index contributed by atoms with van der Waals surface area (Å²) in [6, 6.07) is 9.48. The topological polar surface area (TPSA) is 62.1 Å². The number of benzene rings is 1. The third-order valence-corrected chi connectivity index (χ3v) is 6.47. The number of nitrogens with zero attached hydrogens (tertiary/aromatic N) is 1. The van der Waals surface area contributed by atoms with Crippen LogP contribution in [0.4, 0.5) is 5.00 Å². The molecule has 4 nitrogen and oxygen atoms in total. The Labute approximate surface area is 171 Å². The SMILES string of the molecule is CC(C)Oc1cccc(C(=O)Nc2sc3c(c2C#N)CC[C@@H](C(C)(C)C)C3)c1. The lowest BCUT2D eigenvalue weighted by atomic mass is 9.72. The van der Waals surface area contributed by atoms with Gasteiger partial charge in [-0.2, -0.15) is 5.26 Å². The van der Waals surface area contributed by atoms with E-state index in [0.29, 0.717) is 27.8 Å². The number of hydrogen-bond donors (Lipinski definition) is 1. The Morgan fingerprint density at radius 3 is 2.75 bits per heavy atom. The van der Waals surface area contributed by atoms with E-state index in [1.54, 1.807) is 23.5 Å². The number of nitriles is 1. The molecule has 0 radical (unpaired) electrons. The Bertz CT molecular complexity index is 916. The first-order chi connectivity index (χ1) is 13.2. The molecule has 0 spiro atoms. The number of fused-ring (bicyclic) bond motifs is 1. The van der Waals surface area contributed by atoms with Gasteiger partial charge in [-0.25, -0.2) is 0 Å². The van der Waals surface area contributed by atoms with E-state index >= 15 is 0 Å². The van der Waals surface area contributed by atoms with Crippen LogP contribution in [0, 0.1) is 22.7 Å². The molecule has 0 saturated heterocycles. The number of amides is 1. The van der Waals surface area contributed by atoms with Crippen molar-refractivity contribution in [2.75, 3.05) is 5.32 Å². The van der Waals surface area contributed by atoms with Gasteiger partial charge >= 0.3 is 0 Å². The van der Waals surface area contributed by atoms with E-state index in [-0.39, 0.29) is 17.4 Å². The van der Waals surface area contributed by atoms with Crippen LogP contribution in [0.3, 0.4) is 0 Å². The number of ether oxygens (including phenoxy) is 1. The van der Waals surface area contributed by atoms with Crippen molar-refractivity contribution in [3.05, 3.63) is 45.8 Å². The van der Waals surface area contributed by atoms with Gasteiger partial charge in [-0.05, 0) is 68.2 Å². The second kappa shape index (κ2) is 7.97.